The van der Waals surface area contributed by atoms with Gasteiger partial charge in [0.25, 0.3) is 5.91 Å². The van der Waals surface area contributed by atoms with Crippen LogP contribution in [-0.2, 0) is 9.53 Å². The first-order valence-corrected chi connectivity index (χ1v) is 7.60. The SMILES string of the molecule is C[C@@H]1CN(C(=O)c2ccccn2)[C@](C)(C(=O)OC(C)(C)C)C1. The molecule has 120 valence electrons. The second-order valence-corrected chi connectivity index (χ2v) is 7.22. The fourth-order valence-electron chi connectivity index (χ4n) is 2.88. The third-order valence-corrected chi connectivity index (χ3v) is 3.80. The maximum absolute atomic E-state index is 12.7. The van der Waals surface area contributed by atoms with Crippen molar-refractivity contribution in [3.63, 3.8) is 0 Å². The zero-order chi connectivity index (χ0) is 16.5. The zero-order valence-electron chi connectivity index (χ0n) is 13.9. The Labute approximate surface area is 131 Å². The van der Waals surface area contributed by atoms with E-state index < -0.39 is 11.1 Å². The van der Waals surface area contributed by atoms with E-state index >= 15 is 0 Å². The Balaban J connectivity index is 2.29. The second kappa shape index (κ2) is 5.71. The molecule has 0 unspecified atom stereocenters. The van der Waals surface area contributed by atoms with Crippen LogP contribution in [0, 0.1) is 5.92 Å². The van der Waals surface area contributed by atoms with Crippen molar-refractivity contribution in [1.29, 1.82) is 0 Å². The summed E-state index contributed by atoms with van der Waals surface area (Å²) in [7, 11) is 0. The first-order chi connectivity index (χ1) is 10.1. The molecule has 22 heavy (non-hydrogen) atoms. The molecule has 0 aliphatic carbocycles. The number of ether oxygens (including phenoxy) is 1. The molecule has 1 fully saturated rings. The molecule has 5 nitrogen and oxygen atoms in total. The maximum atomic E-state index is 12.7. The standard InChI is InChI=1S/C17H24N2O3/c1-12-10-17(5,15(21)22-16(2,3)4)19(11-12)14(20)13-8-6-7-9-18-13/h6-9,12H,10-11H2,1-5H3/t12-,17-/m0/s1. The third kappa shape index (κ3) is 3.29. The predicted molar refractivity (Wildman–Crippen MR) is 83.3 cm³/mol. The van der Waals surface area contributed by atoms with Crippen molar-refractivity contribution in [3.05, 3.63) is 30.1 Å². The van der Waals surface area contributed by atoms with Gasteiger partial charge in [0.15, 0.2) is 0 Å². The number of nitrogens with zero attached hydrogens (tertiary/aromatic N) is 2. The number of aromatic nitrogens is 1. The number of carbonyl (C=O) groups excluding carboxylic acids is 2. The van der Waals surface area contributed by atoms with Crippen molar-refractivity contribution in [2.75, 3.05) is 6.54 Å². The Morgan fingerprint density at radius 2 is 2.05 bits per heavy atom. The number of hydrogen-bond donors (Lipinski definition) is 0. The lowest BCUT2D eigenvalue weighted by Crippen LogP contribution is -2.53. The minimum absolute atomic E-state index is 0.224. The fraction of sp³-hybridized carbons (Fsp3) is 0.588. The van der Waals surface area contributed by atoms with Crippen LogP contribution in [0.25, 0.3) is 0 Å². The number of amides is 1. The number of hydrogen-bond acceptors (Lipinski definition) is 4. The number of esters is 1. The molecule has 5 heteroatoms. The van der Waals surface area contributed by atoms with Crippen molar-refractivity contribution in [3.8, 4) is 0 Å². The van der Waals surface area contributed by atoms with Crippen LogP contribution < -0.4 is 0 Å². The van der Waals surface area contributed by atoms with E-state index in [1.165, 1.54) is 0 Å². The van der Waals surface area contributed by atoms with Gasteiger partial charge in [-0.15, -0.1) is 0 Å². The van der Waals surface area contributed by atoms with Gasteiger partial charge >= 0.3 is 5.97 Å². The van der Waals surface area contributed by atoms with E-state index in [4.69, 9.17) is 4.74 Å². The minimum Gasteiger partial charge on any atom is -0.458 e. The number of carbonyl (C=O) groups is 2. The van der Waals surface area contributed by atoms with E-state index in [9.17, 15) is 9.59 Å². The first kappa shape index (κ1) is 16.5. The van der Waals surface area contributed by atoms with Crippen LogP contribution in [-0.4, -0.2) is 39.4 Å². The highest BCUT2D eigenvalue weighted by atomic mass is 16.6. The summed E-state index contributed by atoms with van der Waals surface area (Å²) < 4.78 is 5.54. The Bertz CT molecular complexity index is 565. The summed E-state index contributed by atoms with van der Waals surface area (Å²) in [4.78, 5) is 31.1. The summed E-state index contributed by atoms with van der Waals surface area (Å²) in [5.41, 5.74) is -1.17. The highest BCUT2D eigenvalue weighted by Gasteiger charge is 2.50. The quantitative estimate of drug-likeness (QED) is 0.788. The maximum Gasteiger partial charge on any atom is 0.332 e. The molecule has 2 rings (SSSR count). The van der Waals surface area contributed by atoms with Gasteiger partial charge in [-0.2, -0.15) is 0 Å². The molecule has 1 saturated heterocycles. The molecule has 1 aliphatic rings. The summed E-state index contributed by atoms with van der Waals surface area (Å²) in [5.74, 6) is -0.336. The van der Waals surface area contributed by atoms with Gasteiger partial charge in [0.05, 0.1) is 0 Å². The van der Waals surface area contributed by atoms with Gasteiger partial charge in [0, 0.05) is 12.7 Å². The number of pyridine rings is 1. The molecule has 0 N–H and O–H groups in total. The molecule has 1 aliphatic heterocycles. The summed E-state index contributed by atoms with van der Waals surface area (Å²) in [6, 6.07) is 5.20. The van der Waals surface area contributed by atoms with Gasteiger partial charge in [-0.25, -0.2) is 4.79 Å². The summed E-state index contributed by atoms with van der Waals surface area (Å²) in [6.45, 7) is 9.84. The van der Waals surface area contributed by atoms with Crippen molar-refractivity contribution < 1.29 is 14.3 Å². The van der Waals surface area contributed by atoms with E-state index in [2.05, 4.69) is 4.98 Å². The number of rotatable bonds is 2. The van der Waals surface area contributed by atoms with Crippen molar-refractivity contribution >= 4 is 11.9 Å². The van der Waals surface area contributed by atoms with Crippen LogP contribution in [0.2, 0.25) is 0 Å². The molecule has 0 saturated carbocycles. The first-order valence-electron chi connectivity index (χ1n) is 7.60. The van der Waals surface area contributed by atoms with Crippen molar-refractivity contribution in [2.24, 2.45) is 5.92 Å². The van der Waals surface area contributed by atoms with Crippen LogP contribution in [0.15, 0.2) is 24.4 Å². The summed E-state index contributed by atoms with van der Waals surface area (Å²) >= 11 is 0. The lowest BCUT2D eigenvalue weighted by Gasteiger charge is -2.35. The highest BCUT2D eigenvalue weighted by Crippen LogP contribution is 2.36. The topological polar surface area (TPSA) is 59.5 Å². The smallest absolute Gasteiger partial charge is 0.332 e. The molecule has 1 aromatic heterocycles. The normalized spacial score (nSPS) is 25.1. The molecular weight excluding hydrogens is 280 g/mol. The molecule has 2 heterocycles. The summed E-state index contributed by atoms with van der Waals surface area (Å²) in [5, 5.41) is 0. The Morgan fingerprint density at radius 3 is 2.59 bits per heavy atom. The molecule has 1 amide bonds. The average molecular weight is 304 g/mol. The van der Waals surface area contributed by atoms with Crippen LogP contribution in [0.5, 0.6) is 0 Å². The zero-order valence-corrected chi connectivity index (χ0v) is 13.9. The van der Waals surface area contributed by atoms with E-state index in [0.717, 1.165) is 0 Å². The fourth-order valence-corrected chi connectivity index (χ4v) is 2.88. The Kier molecular flexibility index (Phi) is 4.27. The Morgan fingerprint density at radius 1 is 1.36 bits per heavy atom. The van der Waals surface area contributed by atoms with Crippen LogP contribution in [0.1, 0.15) is 51.5 Å². The molecule has 0 spiro atoms. The van der Waals surface area contributed by atoms with Crippen LogP contribution >= 0.6 is 0 Å². The van der Waals surface area contributed by atoms with E-state index in [1.807, 2.05) is 27.7 Å². The lowest BCUT2D eigenvalue weighted by molar-refractivity contribution is -0.165. The van der Waals surface area contributed by atoms with Crippen molar-refractivity contribution in [1.82, 2.24) is 9.88 Å². The second-order valence-electron chi connectivity index (χ2n) is 7.22. The van der Waals surface area contributed by atoms with Gasteiger partial charge in [-0.05, 0) is 52.2 Å². The van der Waals surface area contributed by atoms with Gasteiger partial charge in [-0.1, -0.05) is 13.0 Å². The highest BCUT2D eigenvalue weighted by molar-refractivity contribution is 5.97. The molecule has 2 atom stereocenters. The third-order valence-electron chi connectivity index (χ3n) is 3.80. The van der Waals surface area contributed by atoms with E-state index in [1.54, 1.807) is 36.2 Å². The molecule has 0 radical (unpaired) electrons. The summed E-state index contributed by atoms with van der Waals surface area (Å²) in [6.07, 6.45) is 2.18. The monoisotopic (exact) mass is 304 g/mol. The minimum atomic E-state index is -0.943. The molecule has 1 aromatic rings. The largest absolute Gasteiger partial charge is 0.458 e. The molecule has 0 aromatic carbocycles. The number of likely N-dealkylation sites (tertiary alicyclic amines) is 1. The predicted octanol–water partition coefficient (Wildman–Crippen LogP) is 2.66. The molecule has 0 bridgehead atoms. The lowest BCUT2D eigenvalue weighted by atomic mass is 9.94. The van der Waals surface area contributed by atoms with Gasteiger partial charge in [0.1, 0.15) is 16.8 Å². The van der Waals surface area contributed by atoms with Gasteiger partial charge < -0.3 is 9.64 Å². The van der Waals surface area contributed by atoms with Gasteiger partial charge in [-0.3, -0.25) is 9.78 Å². The molecular formula is C17H24N2O3. The Hall–Kier alpha value is -1.91. The average Bonchev–Trinajstić information content (AvgIpc) is 2.73. The van der Waals surface area contributed by atoms with Gasteiger partial charge in [0.2, 0.25) is 0 Å². The van der Waals surface area contributed by atoms with Crippen LogP contribution in [0.4, 0.5) is 0 Å². The van der Waals surface area contributed by atoms with E-state index in [0.29, 0.717) is 18.7 Å². The van der Waals surface area contributed by atoms with Crippen LogP contribution in [0.3, 0.4) is 0 Å². The van der Waals surface area contributed by atoms with E-state index in [-0.39, 0.29) is 17.8 Å². The van der Waals surface area contributed by atoms with Crippen molar-refractivity contribution in [2.45, 2.75) is 52.2 Å².